The number of rotatable bonds is 4. The Hall–Kier alpha value is -1.58. The SMILES string of the molecule is CCC(C)Nc1ncccc1C1CCCCN1C(C)=O. The summed E-state index contributed by atoms with van der Waals surface area (Å²) in [6.45, 7) is 6.83. The molecule has 1 aliphatic rings. The van der Waals surface area contributed by atoms with Crippen LogP contribution in [-0.2, 0) is 4.79 Å². The molecule has 110 valence electrons. The minimum Gasteiger partial charge on any atom is -0.367 e. The van der Waals surface area contributed by atoms with Gasteiger partial charge in [-0.15, -0.1) is 0 Å². The third-order valence-electron chi connectivity index (χ3n) is 4.10. The van der Waals surface area contributed by atoms with Crippen LogP contribution in [0.15, 0.2) is 18.3 Å². The number of hydrogen-bond acceptors (Lipinski definition) is 3. The maximum atomic E-state index is 11.9. The summed E-state index contributed by atoms with van der Waals surface area (Å²) < 4.78 is 0. The molecule has 0 aromatic carbocycles. The van der Waals surface area contributed by atoms with Crippen molar-refractivity contribution in [3.05, 3.63) is 23.9 Å². The molecule has 4 heteroatoms. The summed E-state index contributed by atoms with van der Waals surface area (Å²) >= 11 is 0. The summed E-state index contributed by atoms with van der Waals surface area (Å²) in [6.07, 6.45) is 6.17. The van der Waals surface area contributed by atoms with Crippen LogP contribution in [0.5, 0.6) is 0 Å². The molecule has 2 heterocycles. The Morgan fingerprint density at radius 2 is 2.35 bits per heavy atom. The van der Waals surface area contributed by atoms with Gasteiger partial charge in [-0.2, -0.15) is 0 Å². The molecule has 20 heavy (non-hydrogen) atoms. The minimum atomic E-state index is 0.160. The predicted octanol–water partition coefficient (Wildman–Crippen LogP) is 3.37. The van der Waals surface area contributed by atoms with E-state index < -0.39 is 0 Å². The van der Waals surface area contributed by atoms with Gasteiger partial charge in [-0.1, -0.05) is 13.0 Å². The average molecular weight is 275 g/mol. The van der Waals surface area contributed by atoms with Crippen LogP contribution in [0.25, 0.3) is 0 Å². The fourth-order valence-electron chi connectivity index (χ4n) is 2.77. The molecular weight excluding hydrogens is 250 g/mol. The van der Waals surface area contributed by atoms with Crippen molar-refractivity contribution in [3.63, 3.8) is 0 Å². The number of nitrogens with zero attached hydrogens (tertiary/aromatic N) is 2. The van der Waals surface area contributed by atoms with Crippen molar-refractivity contribution in [2.45, 2.75) is 58.5 Å². The standard InChI is InChI=1S/C16H25N3O/c1-4-12(2)18-16-14(8-7-10-17-16)15-9-5-6-11-19(15)13(3)20/h7-8,10,12,15H,4-6,9,11H2,1-3H3,(H,17,18). The van der Waals surface area contributed by atoms with Crippen LogP contribution >= 0.6 is 0 Å². The van der Waals surface area contributed by atoms with Gasteiger partial charge in [0.15, 0.2) is 0 Å². The Labute approximate surface area is 121 Å². The number of anilines is 1. The van der Waals surface area contributed by atoms with E-state index in [2.05, 4.69) is 30.2 Å². The molecule has 2 atom stereocenters. The van der Waals surface area contributed by atoms with Gasteiger partial charge in [0.25, 0.3) is 0 Å². The van der Waals surface area contributed by atoms with Gasteiger partial charge < -0.3 is 10.2 Å². The molecule has 4 nitrogen and oxygen atoms in total. The van der Waals surface area contributed by atoms with E-state index >= 15 is 0 Å². The van der Waals surface area contributed by atoms with Crippen molar-refractivity contribution in [3.8, 4) is 0 Å². The third kappa shape index (κ3) is 3.30. The van der Waals surface area contributed by atoms with Crippen molar-refractivity contribution in [1.82, 2.24) is 9.88 Å². The number of piperidine rings is 1. The van der Waals surface area contributed by atoms with Crippen LogP contribution < -0.4 is 5.32 Å². The number of carbonyl (C=O) groups is 1. The maximum absolute atomic E-state index is 11.9. The fourth-order valence-corrected chi connectivity index (χ4v) is 2.77. The highest BCUT2D eigenvalue weighted by atomic mass is 16.2. The second-order valence-corrected chi connectivity index (χ2v) is 5.62. The van der Waals surface area contributed by atoms with Gasteiger partial charge in [-0.05, 0) is 38.7 Å². The summed E-state index contributed by atoms with van der Waals surface area (Å²) in [4.78, 5) is 18.3. The van der Waals surface area contributed by atoms with Gasteiger partial charge in [0.05, 0.1) is 6.04 Å². The van der Waals surface area contributed by atoms with Crippen molar-refractivity contribution >= 4 is 11.7 Å². The highest BCUT2D eigenvalue weighted by Crippen LogP contribution is 2.34. The molecule has 2 rings (SSSR count). The van der Waals surface area contributed by atoms with Gasteiger partial charge in [0.2, 0.25) is 5.91 Å². The first kappa shape index (κ1) is 14.8. The number of hydrogen-bond donors (Lipinski definition) is 1. The molecular formula is C16H25N3O. The van der Waals surface area contributed by atoms with Crippen LogP contribution in [0.1, 0.15) is 58.1 Å². The van der Waals surface area contributed by atoms with E-state index in [1.807, 2.05) is 17.2 Å². The van der Waals surface area contributed by atoms with Crippen LogP contribution in [0.2, 0.25) is 0 Å². The molecule has 1 aromatic rings. The summed E-state index contributed by atoms with van der Waals surface area (Å²) in [5.41, 5.74) is 1.16. The first-order valence-corrected chi connectivity index (χ1v) is 7.62. The van der Waals surface area contributed by atoms with E-state index in [-0.39, 0.29) is 11.9 Å². The molecule has 1 N–H and O–H groups in total. The molecule has 0 radical (unpaired) electrons. The lowest BCUT2D eigenvalue weighted by Gasteiger charge is -2.36. The Balaban J connectivity index is 2.28. The Morgan fingerprint density at radius 1 is 1.55 bits per heavy atom. The van der Waals surface area contributed by atoms with Crippen LogP contribution in [0.4, 0.5) is 5.82 Å². The van der Waals surface area contributed by atoms with E-state index in [0.717, 1.165) is 37.2 Å². The summed E-state index contributed by atoms with van der Waals surface area (Å²) in [6, 6.07) is 4.62. The van der Waals surface area contributed by atoms with Crippen molar-refractivity contribution in [1.29, 1.82) is 0 Å². The molecule has 1 aromatic heterocycles. The lowest BCUT2D eigenvalue weighted by molar-refractivity contribution is -0.132. The van der Waals surface area contributed by atoms with Gasteiger partial charge in [-0.3, -0.25) is 4.79 Å². The number of carbonyl (C=O) groups excluding carboxylic acids is 1. The quantitative estimate of drug-likeness (QED) is 0.916. The second kappa shape index (κ2) is 6.73. The fraction of sp³-hybridized carbons (Fsp3) is 0.625. The van der Waals surface area contributed by atoms with E-state index in [1.54, 1.807) is 6.92 Å². The van der Waals surface area contributed by atoms with Crippen molar-refractivity contribution in [2.24, 2.45) is 0 Å². The monoisotopic (exact) mass is 275 g/mol. The summed E-state index contributed by atoms with van der Waals surface area (Å²) in [7, 11) is 0. The molecule has 1 fully saturated rings. The number of amides is 1. The Morgan fingerprint density at radius 3 is 3.05 bits per heavy atom. The predicted molar refractivity (Wildman–Crippen MR) is 81.6 cm³/mol. The zero-order valence-electron chi connectivity index (χ0n) is 12.7. The third-order valence-corrected chi connectivity index (χ3v) is 4.10. The summed E-state index contributed by atoms with van der Waals surface area (Å²) in [5.74, 6) is 1.09. The lowest BCUT2D eigenvalue weighted by atomic mass is 9.95. The molecule has 1 saturated heterocycles. The number of likely N-dealkylation sites (tertiary alicyclic amines) is 1. The first-order chi connectivity index (χ1) is 9.63. The van der Waals surface area contributed by atoms with Gasteiger partial charge in [0.1, 0.15) is 5.82 Å². The van der Waals surface area contributed by atoms with Crippen molar-refractivity contribution in [2.75, 3.05) is 11.9 Å². The smallest absolute Gasteiger partial charge is 0.219 e. The molecule has 1 aliphatic heterocycles. The zero-order chi connectivity index (χ0) is 14.5. The van der Waals surface area contributed by atoms with E-state index in [9.17, 15) is 4.79 Å². The number of pyridine rings is 1. The largest absolute Gasteiger partial charge is 0.367 e. The highest BCUT2D eigenvalue weighted by Gasteiger charge is 2.28. The van der Waals surface area contributed by atoms with Crippen LogP contribution in [-0.4, -0.2) is 28.4 Å². The first-order valence-electron chi connectivity index (χ1n) is 7.62. The Kier molecular flexibility index (Phi) is 4.99. The molecule has 0 aliphatic carbocycles. The molecule has 0 spiro atoms. The normalized spacial score (nSPS) is 20.6. The van der Waals surface area contributed by atoms with E-state index in [0.29, 0.717) is 6.04 Å². The van der Waals surface area contributed by atoms with E-state index in [4.69, 9.17) is 0 Å². The van der Waals surface area contributed by atoms with E-state index in [1.165, 1.54) is 6.42 Å². The van der Waals surface area contributed by atoms with Gasteiger partial charge >= 0.3 is 0 Å². The zero-order valence-corrected chi connectivity index (χ0v) is 12.7. The average Bonchev–Trinajstić information content (AvgIpc) is 2.47. The molecule has 0 saturated carbocycles. The molecule has 1 amide bonds. The maximum Gasteiger partial charge on any atom is 0.219 e. The van der Waals surface area contributed by atoms with Crippen LogP contribution in [0.3, 0.4) is 0 Å². The lowest BCUT2D eigenvalue weighted by Crippen LogP contribution is -2.37. The van der Waals surface area contributed by atoms with Gasteiger partial charge in [0, 0.05) is 31.3 Å². The second-order valence-electron chi connectivity index (χ2n) is 5.62. The van der Waals surface area contributed by atoms with Crippen molar-refractivity contribution < 1.29 is 4.79 Å². The topological polar surface area (TPSA) is 45.2 Å². The minimum absolute atomic E-state index is 0.160. The molecule has 2 unspecified atom stereocenters. The van der Waals surface area contributed by atoms with Gasteiger partial charge in [-0.25, -0.2) is 4.98 Å². The molecule has 0 bridgehead atoms. The van der Waals surface area contributed by atoms with Crippen LogP contribution in [0, 0.1) is 0 Å². The number of aromatic nitrogens is 1. The highest BCUT2D eigenvalue weighted by molar-refractivity contribution is 5.74. The Bertz CT molecular complexity index is 461. The number of nitrogens with one attached hydrogen (secondary N) is 1. The summed E-state index contributed by atoms with van der Waals surface area (Å²) in [5, 5.41) is 3.47.